The zero-order chi connectivity index (χ0) is 20.5. The molecule has 0 unspecified atom stereocenters. The van der Waals surface area contributed by atoms with Crippen LogP contribution in [0.15, 0.2) is 48.5 Å². The quantitative estimate of drug-likeness (QED) is 0.597. The van der Waals surface area contributed by atoms with Gasteiger partial charge >= 0.3 is 0 Å². The van der Waals surface area contributed by atoms with Gasteiger partial charge in [-0.25, -0.2) is 0 Å². The van der Waals surface area contributed by atoms with Crippen molar-refractivity contribution >= 4 is 35.2 Å². The Kier molecular flexibility index (Phi) is 7.88. The first-order valence-electron chi connectivity index (χ1n) is 8.59. The molecular formula is C20H23N3O4S. The van der Waals surface area contributed by atoms with Crippen LogP contribution in [-0.4, -0.2) is 42.9 Å². The van der Waals surface area contributed by atoms with Gasteiger partial charge in [0.05, 0.1) is 7.11 Å². The van der Waals surface area contributed by atoms with Gasteiger partial charge in [0.15, 0.2) is 0 Å². The lowest BCUT2D eigenvalue weighted by molar-refractivity contribution is -0.118. The van der Waals surface area contributed by atoms with Crippen LogP contribution < -0.4 is 21.1 Å². The number of amides is 3. The summed E-state index contributed by atoms with van der Waals surface area (Å²) in [5, 5.41) is 5.53. The Hall–Kier alpha value is -3.00. The molecule has 2 aromatic carbocycles. The van der Waals surface area contributed by atoms with Crippen LogP contribution >= 0.6 is 11.8 Å². The van der Waals surface area contributed by atoms with Gasteiger partial charge in [-0.3, -0.25) is 14.4 Å². The zero-order valence-electron chi connectivity index (χ0n) is 15.7. The molecule has 0 aliphatic rings. The van der Waals surface area contributed by atoms with E-state index in [-0.39, 0.29) is 11.8 Å². The van der Waals surface area contributed by atoms with E-state index in [1.807, 2.05) is 6.26 Å². The number of hydrogen-bond donors (Lipinski definition) is 3. The Labute approximate surface area is 168 Å². The maximum atomic E-state index is 12.7. The predicted molar refractivity (Wildman–Crippen MR) is 111 cm³/mol. The smallest absolute Gasteiger partial charge is 0.251 e. The van der Waals surface area contributed by atoms with Crippen molar-refractivity contribution in [3.8, 4) is 5.75 Å². The topological polar surface area (TPSA) is 111 Å². The molecule has 3 amide bonds. The molecule has 2 rings (SSSR count). The molecule has 0 spiro atoms. The van der Waals surface area contributed by atoms with E-state index in [2.05, 4.69) is 10.6 Å². The van der Waals surface area contributed by atoms with Crippen molar-refractivity contribution < 1.29 is 19.1 Å². The fourth-order valence-electron chi connectivity index (χ4n) is 2.44. The number of nitrogens with two attached hydrogens (primary N) is 1. The molecule has 0 aliphatic heterocycles. The van der Waals surface area contributed by atoms with Gasteiger partial charge < -0.3 is 21.1 Å². The highest BCUT2D eigenvalue weighted by molar-refractivity contribution is 7.98. The molecular weight excluding hydrogens is 378 g/mol. The van der Waals surface area contributed by atoms with E-state index >= 15 is 0 Å². The molecule has 4 N–H and O–H groups in total. The summed E-state index contributed by atoms with van der Waals surface area (Å²) in [6.45, 7) is 0. The van der Waals surface area contributed by atoms with Gasteiger partial charge in [0, 0.05) is 16.8 Å². The zero-order valence-corrected chi connectivity index (χ0v) is 16.5. The molecule has 148 valence electrons. The Morgan fingerprint density at radius 1 is 1.04 bits per heavy atom. The van der Waals surface area contributed by atoms with Crippen molar-refractivity contribution in [2.45, 2.75) is 12.5 Å². The van der Waals surface area contributed by atoms with Crippen molar-refractivity contribution in [1.29, 1.82) is 0 Å². The van der Waals surface area contributed by atoms with Crippen LogP contribution in [0.1, 0.15) is 27.1 Å². The molecule has 0 radical (unpaired) electrons. The van der Waals surface area contributed by atoms with Gasteiger partial charge in [-0.2, -0.15) is 11.8 Å². The minimum atomic E-state index is -0.696. The molecule has 7 nitrogen and oxygen atoms in total. The number of carbonyl (C=O) groups excluding carboxylic acids is 3. The number of rotatable bonds is 9. The largest absolute Gasteiger partial charge is 0.497 e. The fraction of sp³-hybridized carbons (Fsp3) is 0.250. The second-order valence-corrected chi connectivity index (χ2v) is 6.95. The van der Waals surface area contributed by atoms with E-state index in [0.29, 0.717) is 34.7 Å². The second-order valence-electron chi connectivity index (χ2n) is 5.97. The van der Waals surface area contributed by atoms with Crippen molar-refractivity contribution in [1.82, 2.24) is 5.32 Å². The third-order valence-electron chi connectivity index (χ3n) is 4.02. The third kappa shape index (κ3) is 6.02. The molecule has 28 heavy (non-hydrogen) atoms. The van der Waals surface area contributed by atoms with Crippen molar-refractivity contribution in [2.75, 3.05) is 24.4 Å². The monoisotopic (exact) mass is 401 g/mol. The van der Waals surface area contributed by atoms with E-state index in [4.69, 9.17) is 10.5 Å². The van der Waals surface area contributed by atoms with Gasteiger partial charge in [-0.15, -0.1) is 0 Å². The fourth-order valence-corrected chi connectivity index (χ4v) is 2.91. The summed E-state index contributed by atoms with van der Waals surface area (Å²) >= 11 is 1.59. The Balaban J connectivity index is 2.06. The van der Waals surface area contributed by atoms with Crippen molar-refractivity contribution in [3.63, 3.8) is 0 Å². The molecule has 8 heteroatoms. The molecule has 0 heterocycles. The lowest BCUT2D eigenvalue weighted by Gasteiger charge is -2.18. The lowest BCUT2D eigenvalue weighted by atomic mass is 10.1. The van der Waals surface area contributed by atoms with Crippen LogP contribution in [0.3, 0.4) is 0 Å². The number of thioether (sulfide) groups is 1. The number of primary amides is 1. The molecule has 0 saturated heterocycles. The molecule has 0 aromatic heterocycles. The summed E-state index contributed by atoms with van der Waals surface area (Å²) in [4.78, 5) is 36.3. The lowest BCUT2D eigenvalue weighted by Crippen LogP contribution is -2.44. The Bertz CT molecular complexity index is 822. The molecule has 1 atom stereocenters. The number of nitrogens with one attached hydrogen (secondary N) is 2. The average Bonchev–Trinajstić information content (AvgIpc) is 2.71. The maximum Gasteiger partial charge on any atom is 0.251 e. The van der Waals surface area contributed by atoms with E-state index in [1.165, 1.54) is 12.1 Å². The van der Waals surface area contributed by atoms with Crippen LogP contribution in [0.2, 0.25) is 0 Å². The number of benzene rings is 2. The van der Waals surface area contributed by atoms with Crippen LogP contribution in [0, 0.1) is 0 Å². The molecule has 0 aliphatic carbocycles. The average molecular weight is 401 g/mol. The number of hydrogen-bond acceptors (Lipinski definition) is 5. The van der Waals surface area contributed by atoms with Gasteiger partial charge in [0.25, 0.3) is 5.91 Å². The molecule has 0 bridgehead atoms. The molecule has 0 saturated carbocycles. The molecule has 2 aromatic rings. The van der Waals surface area contributed by atoms with Crippen LogP contribution in [0.25, 0.3) is 0 Å². The van der Waals surface area contributed by atoms with Gasteiger partial charge in [0.2, 0.25) is 11.8 Å². The Morgan fingerprint density at radius 2 is 1.64 bits per heavy atom. The molecule has 0 fully saturated rings. The summed E-state index contributed by atoms with van der Waals surface area (Å²) in [5.74, 6) is 0.146. The highest BCUT2D eigenvalue weighted by Gasteiger charge is 2.21. The van der Waals surface area contributed by atoms with E-state index < -0.39 is 11.9 Å². The SMILES string of the molecule is COc1ccc(C(=O)N[C@H](CCSC)C(=O)Nc2ccc(C(N)=O)cc2)cc1. The summed E-state index contributed by atoms with van der Waals surface area (Å²) < 4.78 is 5.08. The summed E-state index contributed by atoms with van der Waals surface area (Å²) in [6, 6.07) is 12.2. The highest BCUT2D eigenvalue weighted by atomic mass is 32.2. The van der Waals surface area contributed by atoms with Crippen molar-refractivity contribution in [2.24, 2.45) is 5.73 Å². The van der Waals surface area contributed by atoms with Gasteiger partial charge in [-0.05, 0) is 67.0 Å². The van der Waals surface area contributed by atoms with Crippen LogP contribution in [0.5, 0.6) is 5.75 Å². The number of methoxy groups -OCH3 is 1. The predicted octanol–water partition coefficient (Wildman–Crippen LogP) is 2.28. The summed E-state index contributed by atoms with van der Waals surface area (Å²) in [6.07, 6.45) is 2.41. The highest BCUT2D eigenvalue weighted by Crippen LogP contribution is 2.13. The summed E-state index contributed by atoms with van der Waals surface area (Å²) in [7, 11) is 1.55. The first-order chi connectivity index (χ1) is 13.4. The minimum absolute atomic E-state index is 0.331. The van der Waals surface area contributed by atoms with E-state index in [1.54, 1.807) is 55.3 Å². The number of carbonyl (C=O) groups is 3. The number of anilines is 1. The van der Waals surface area contributed by atoms with E-state index in [9.17, 15) is 14.4 Å². The third-order valence-corrected chi connectivity index (χ3v) is 4.67. The first kappa shape index (κ1) is 21.3. The first-order valence-corrected chi connectivity index (χ1v) is 9.98. The second kappa shape index (κ2) is 10.4. The standard InChI is InChI=1S/C20H23N3O4S/c1-27-16-9-5-14(6-10-16)19(25)23-17(11-12-28-2)20(26)22-15-7-3-13(4-8-15)18(21)24/h3-10,17H,11-12H2,1-2H3,(H2,21,24)(H,22,26)(H,23,25)/t17-/m1/s1. The Morgan fingerprint density at radius 3 is 2.18 bits per heavy atom. The maximum absolute atomic E-state index is 12.7. The van der Waals surface area contributed by atoms with Crippen molar-refractivity contribution in [3.05, 3.63) is 59.7 Å². The number of ether oxygens (including phenoxy) is 1. The minimum Gasteiger partial charge on any atom is -0.497 e. The van der Waals surface area contributed by atoms with Crippen LogP contribution in [0.4, 0.5) is 5.69 Å². The normalized spacial score (nSPS) is 11.4. The van der Waals surface area contributed by atoms with Gasteiger partial charge in [0.1, 0.15) is 11.8 Å². The van der Waals surface area contributed by atoms with Crippen LogP contribution in [-0.2, 0) is 4.79 Å². The van der Waals surface area contributed by atoms with E-state index in [0.717, 1.165) is 0 Å². The summed E-state index contributed by atoms with van der Waals surface area (Å²) in [5.41, 5.74) is 6.52. The van der Waals surface area contributed by atoms with Gasteiger partial charge in [-0.1, -0.05) is 0 Å².